The molecule has 0 aliphatic heterocycles. The van der Waals surface area contributed by atoms with E-state index < -0.39 is 10.0 Å². The van der Waals surface area contributed by atoms with Crippen molar-refractivity contribution in [2.45, 2.75) is 19.9 Å². The van der Waals surface area contributed by atoms with Gasteiger partial charge in [-0.25, -0.2) is 17.7 Å². The van der Waals surface area contributed by atoms with Crippen molar-refractivity contribution in [3.63, 3.8) is 0 Å². The Bertz CT molecular complexity index is 619. The number of thiazole rings is 1. The van der Waals surface area contributed by atoms with Crippen molar-refractivity contribution in [1.29, 1.82) is 0 Å². The van der Waals surface area contributed by atoms with E-state index in [1.54, 1.807) is 11.3 Å². The van der Waals surface area contributed by atoms with Gasteiger partial charge in [0.1, 0.15) is 0 Å². The third-order valence-electron chi connectivity index (χ3n) is 3.03. The highest BCUT2D eigenvalue weighted by molar-refractivity contribution is 7.88. The fraction of sp³-hybridized carbons (Fsp3) is 0.583. The van der Waals surface area contributed by atoms with E-state index in [-0.39, 0.29) is 0 Å². The monoisotopic (exact) mass is 316 g/mol. The lowest BCUT2D eigenvalue weighted by Gasteiger charge is -2.17. The maximum absolute atomic E-state index is 11.4. The molecule has 2 aromatic heterocycles. The predicted molar refractivity (Wildman–Crippen MR) is 81.5 cm³/mol. The molecular formula is C12H20N4O2S2. The highest BCUT2D eigenvalue weighted by atomic mass is 32.2. The number of nitrogens with one attached hydrogen (secondary N) is 1. The number of fused-ring (bicyclic) bond motifs is 1. The van der Waals surface area contributed by atoms with Gasteiger partial charge in [-0.1, -0.05) is 6.92 Å². The molecule has 0 radical (unpaired) electrons. The minimum absolute atomic E-state index is 0.524. The van der Waals surface area contributed by atoms with Gasteiger partial charge in [0.15, 0.2) is 4.96 Å². The minimum atomic E-state index is -3.07. The van der Waals surface area contributed by atoms with Crippen LogP contribution in [0.3, 0.4) is 0 Å². The Hall–Kier alpha value is -0.960. The summed E-state index contributed by atoms with van der Waals surface area (Å²) >= 11 is 1.61. The first-order chi connectivity index (χ1) is 9.50. The Morgan fingerprint density at radius 1 is 1.50 bits per heavy atom. The van der Waals surface area contributed by atoms with Gasteiger partial charge in [0.05, 0.1) is 11.9 Å². The summed E-state index contributed by atoms with van der Waals surface area (Å²) in [5.41, 5.74) is 1.01. The van der Waals surface area contributed by atoms with Crippen molar-refractivity contribution in [3.05, 3.63) is 23.5 Å². The summed E-state index contributed by atoms with van der Waals surface area (Å²) in [6.45, 7) is 4.42. The van der Waals surface area contributed by atoms with Gasteiger partial charge in [-0.05, 0) is 13.0 Å². The van der Waals surface area contributed by atoms with E-state index in [4.69, 9.17) is 0 Å². The van der Waals surface area contributed by atoms with Crippen molar-refractivity contribution in [2.75, 3.05) is 25.9 Å². The lowest BCUT2D eigenvalue weighted by molar-refractivity contribution is 0.419. The second kappa shape index (κ2) is 6.66. The molecule has 6 nitrogen and oxygen atoms in total. The largest absolute Gasteiger partial charge is 0.311 e. The summed E-state index contributed by atoms with van der Waals surface area (Å²) in [5.74, 6) is 0. The summed E-state index contributed by atoms with van der Waals surface area (Å²) in [6, 6.07) is 0. The Labute approximate surface area is 123 Å². The van der Waals surface area contributed by atoms with Gasteiger partial charge in [-0.3, -0.25) is 4.40 Å². The molecule has 112 valence electrons. The summed E-state index contributed by atoms with van der Waals surface area (Å²) in [6.07, 6.45) is 6.04. The Morgan fingerprint density at radius 2 is 2.30 bits per heavy atom. The number of hydrogen-bond acceptors (Lipinski definition) is 5. The molecule has 2 aromatic rings. The molecule has 0 aliphatic carbocycles. The van der Waals surface area contributed by atoms with Gasteiger partial charge >= 0.3 is 0 Å². The lowest BCUT2D eigenvalue weighted by atomic mass is 10.4. The van der Waals surface area contributed by atoms with Crippen LogP contribution in [0.5, 0.6) is 0 Å². The molecule has 20 heavy (non-hydrogen) atoms. The highest BCUT2D eigenvalue weighted by Gasteiger charge is 2.12. The van der Waals surface area contributed by atoms with Gasteiger partial charge in [0, 0.05) is 37.4 Å². The van der Waals surface area contributed by atoms with Crippen molar-refractivity contribution >= 4 is 26.3 Å². The maximum Gasteiger partial charge on any atom is 0.211 e. The van der Waals surface area contributed by atoms with E-state index >= 15 is 0 Å². The number of aromatic nitrogens is 2. The Morgan fingerprint density at radius 3 is 2.95 bits per heavy atom. The molecule has 0 aliphatic rings. The molecule has 0 fully saturated rings. The Balaban J connectivity index is 1.70. The second-order valence-corrected chi connectivity index (χ2v) is 7.47. The molecule has 0 spiro atoms. The number of imidazole rings is 1. The van der Waals surface area contributed by atoms with Crippen LogP contribution in [0.1, 0.15) is 19.0 Å². The van der Waals surface area contributed by atoms with Gasteiger partial charge in [-0.2, -0.15) is 0 Å². The number of nitrogens with zero attached hydrogens (tertiary/aromatic N) is 3. The SMILES string of the molecule is CCN(CCCNCc1cn2ccsc2n1)S(C)(=O)=O. The summed E-state index contributed by atoms with van der Waals surface area (Å²) in [7, 11) is -3.07. The van der Waals surface area contributed by atoms with Crippen molar-refractivity contribution in [3.8, 4) is 0 Å². The van der Waals surface area contributed by atoms with Crippen LogP contribution in [0.4, 0.5) is 0 Å². The van der Waals surface area contributed by atoms with Crippen LogP contribution >= 0.6 is 11.3 Å². The quantitative estimate of drug-likeness (QED) is 0.742. The van der Waals surface area contributed by atoms with Gasteiger partial charge < -0.3 is 5.32 Å². The molecule has 8 heteroatoms. The smallest absolute Gasteiger partial charge is 0.211 e. The van der Waals surface area contributed by atoms with E-state index in [1.165, 1.54) is 10.6 Å². The van der Waals surface area contributed by atoms with Crippen LogP contribution in [0.2, 0.25) is 0 Å². The van der Waals surface area contributed by atoms with Gasteiger partial charge in [0.25, 0.3) is 0 Å². The molecule has 0 bridgehead atoms. The summed E-state index contributed by atoms with van der Waals surface area (Å²) in [5, 5.41) is 5.29. The molecule has 0 saturated carbocycles. The van der Waals surface area contributed by atoms with Gasteiger partial charge in [0.2, 0.25) is 10.0 Å². The molecule has 0 unspecified atom stereocenters. The first-order valence-electron chi connectivity index (χ1n) is 6.57. The van der Waals surface area contributed by atoms with Crippen molar-refractivity contribution in [2.24, 2.45) is 0 Å². The standard InChI is InChI=1S/C12H20N4O2S2/c1-3-16(20(2,17)18)6-4-5-13-9-11-10-15-7-8-19-12(15)14-11/h7-8,10,13H,3-6,9H2,1-2H3. The molecular weight excluding hydrogens is 296 g/mol. The van der Waals surface area contributed by atoms with Crippen molar-refractivity contribution < 1.29 is 8.42 Å². The molecule has 0 saturated heterocycles. The maximum atomic E-state index is 11.4. The number of sulfonamides is 1. The highest BCUT2D eigenvalue weighted by Crippen LogP contribution is 2.10. The zero-order chi connectivity index (χ0) is 14.6. The molecule has 0 amide bonds. The first kappa shape index (κ1) is 15.4. The first-order valence-corrected chi connectivity index (χ1v) is 9.30. The van der Waals surface area contributed by atoms with Crippen LogP contribution in [0.15, 0.2) is 17.8 Å². The molecule has 2 rings (SSSR count). The minimum Gasteiger partial charge on any atom is -0.311 e. The summed E-state index contributed by atoms with van der Waals surface area (Å²) < 4.78 is 26.3. The second-order valence-electron chi connectivity index (χ2n) is 4.61. The normalized spacial score (nSPS) is 12.6. The fourth-order valence-electron chi connectivity index (χ4n) is 2.02. The fourth-order valence-corrected chi connectivity index (χ4v) is 3.67. The molecule has 0 atom stereocenters. The third kappa shape index (κ3) is 4.02. The zero-order valence-corrected chi connectivity index (χ0v) is 13.4. The molecule has 2 heterocycles. The summed E-state index contributed by atoms with van der Waals surface area (Å²) in [4.78, 5) is 5.47. The third-order valence-corrected chi connectivity index (χ3v) is 5.18. The van der Waals surface area contributed by atoms with E-state index in [2.05, 4.69) is 10.3 Å². The van der Waals surface area contributed by atoms with E-state index in [0.717, 1.165) is 23.6 Å². The topological polar surface area (TPSA) is 66.7 Å². The van der Waals surface area contributed by atoms with Crippen LogP contribution in [-0.2, 0) is 16.6 Å². The van der Waals surface area contributed by atoms with Crippen LogP contribution < -0.4 is 5.32 Å². The number of rotatable bonds is 8. The average molecular weight is 316 g/mol. The van der Waals surface area contributed by atoms with Crippen LogP contribution in [0, 0.1) is 0 Å². The Kier molecular flexibility index (Phi) is 5.14. The number of hydrogen-bond donors (Lipinski definition) is 1. The van der Waals surface area contributed by atoms with E-state index in [1.807, 2.05) is 29.1 Å². The lowest BCUT2D eigenvalue weighted by Crippen LogP contribution is -2.32. The molecule has 1 N–H and O–H groups in total. The van der Waals surface area contributed by atoms with Gasteiger partial charge in [-0.15, -0.1) is 11.3 Å². The van der Waals surface area contributed by atoms with E-state index in [0.29, 0.717) is 19.6 Å². The predicted octanol–water partition coefficient (Wildman–Crippen LogP) is 1.16. The van der Waals surface area contributed by atoms with Crippen LogP contribution in [0.25, 0.3) is 4.96 Å². The van der Waals surface area contributed by atoms with E-state index in [9.17, 15) is 8.42 Å². The zero-order valence-electron chi connectivity index (χ0n) is 11.7. The average Bonchev–Trinajstić information content (AvgIpc) is 2.92. The van der Waals surface area contributed by atoms with Crippen LogP contribution in [-0.4, -0.2) is 48.0 Å². The molecule has 0 aromatic carbocycles. The van der Waals surface area contributed by atoms with Crippen molar-refractivity contribution in [1.82, 2.24) is 19.0 Å².